The van der Waals surface area contributed by atoms with Crippen LogP contribution >= 0.6 is 11.6 Å². The first-order valence-electron chi connectivity index (χ1n) is 9.06. The Morgan fingerprint density at radius 3 is 2.48 bits per heavy atom. The number of amides is 1. The molecule has 1 amide bonds. The number of aryl methyl sites for hydroxylation is 1. The van der Waals surface area contributed by atoms with Crippen molar-refractivity contribution in [3.05, 3.63) is 76.6 Å². The van der Waals surface area contributed by atoms with Gasteiger partial charge in [-0.1, -0.05) is 29.3 Å². The van der Waals surface area contributed by atoms with Gasteiger partial charge in [-0.3, -0.25) is 14.7 Å². The second-order valence-electron chi connectivity index (χ2n) is 6.68. The van der Waals surface area contributed by atoms with Crippen LogP contribution in [0.2, 0.25) is 5.02 Å². The molecule has 0 radical (unpaired) electrons. The van der Waals surface area contributed by atoms with Gasteiger partial charge in [-0.25, -0.2) is 0 Å². The van der Waals surface area contributed by atoms with Crippen molar-refractivity contribution in [3.63, 3.8) is 0 Å². The molecule has 0 spiro atoms. The maximum atomic E-state index is 13.2. The Hall–Kier alpha value is -3.25. The molecule has 1 aliphatic rings. The van der Waals surface area contributed by atoms with E-state index in [-0.39, 0.29) is 5.91 Å². The van der Waals surface area contributed by atoms with E-state index in [1.807, 2.05) is 31.2 Å². The average Bonchev–Trinajstić information content (AvgIpc) is 3.01. The summed E-state index contributed by atoms with van der Waals surface area (Å²) >= 11 is 6.33. The molecule has 1 aliphatic heterocycles. The van der Waals surface area contributed by atoms with Crippen molar-refractivity contribution in [1.82, 2.24) is 4.98 Å². The number of carbonyl (C=O) groups is 1. The van der Waals surface area contributed by atoms with Crippen LogP contribution in [-0.4, -0.2) is 25.1 Å². The zero-order valence-corrected chi connectivity index (χ0v) is 17.0. The Morgan fingerprint density at radius 1 is 1.07 bits per heavy atom. The number of benzene rings is 2. The molecule has 2 aromatic carbocycles. The monoisotopic (exact) mass is 409 g/mol. The molecule has 1 N–H and O–H groups in total. The number of hydrogen-bond acceptors (Lipinski definition) is 5. The minimum atomic E-state index is -0.514. The quantitative estimate of drug-likeness (QED) is 0.653. The van der Waals surface area contributed by atoms with Crippen molar-refractivity contribution in [3.8, 4) is 11.5 Å². The number of fused-ring (bicyclic) bond motifs is 1. The molecule has 2 heterocycles. The van der Waals surface area contributed by atoms with Crippen LogP contribution in [0.4, 0.5) is 11.4 Å². The first-order chi connectivity index (χ1) is 14.0. The lowest BCUT2D eigenvalue weighted by molar-refractivity contribution is 0.0993. The zero-order valence-electron chi connectivity index (χ0n) is 16.3. The van der Waals surface area contributed by atoms with Gasteiger partial charge in [0.15, 0.2) is 6.17 Å². The largest absolute Gasteiger partial charge is 0.495 e. The molecular formula is C22H20ClN3O3. The topological polar surface area (TPSA) is 63.7 Å². The van der Waals surface area contributed by atoms with Crippen molar-refractivity contribution < 1.29 is 14.3 Å². The maximum Gasteiger partial charge on any atom is 0.262 e. The van der Waals surface area contributed by atoms with Crippen LogP contribution in [0, 0.1) is 6.92 Å². The average molecular weight is 410 g/mol. The van der Waals surface area contributed by atoms with E-state index in [4.69, 9.17) is 21.1 Å². The first-order valence-corrected chi connectivity index (χ1v) is 9.44. The fraction of sp³-hybridized carbons (Fsp3) is 0.182. The van der Waals surface area contributed by atoms with E-state index in [2.05, 4.69) is 10.3 Å². The highest BCUT2D eigenvalue weighted by Crippen LogP contribution is 2.41. The Bertz CT molecular complexity index is 1070. The maximum absolute atomic E-state index is 13.2. The van der Waals surface area contributed by atoms with Crippen LogP contribution in [0.25, 0.3) is 0 Å². The minimum absolute atomic E-state index is 0.118. The van der Waals surface area contributed by atoms with Crippen LogP contribution in [-0.2, 0) is 0 Å². The zero-order chi connectivity index (χ0) is 20.5. The predicted octanol–water partition coefficient (Wildman–Crippen LogP) is 4.83. The Labute approximate surface area is 174 Å². The number of halogens is 1. The van der Waals surface area contributed by atoms with Gasteiger partial charge in [-0.15, -0.1) is 0 Å². The van der Waals surface area contributed by atoms with Crippen LogP contribution in [0.5, 0.6) is 11.5 Å². The normalized spacial score (nSPS) is 15.2. The SMILES string of the molecule is COc1cc(OC)c(N[C@H]2c3ncccc3C(=O)N2c2ccc(C)cc2)cc1Cl. The number of nitrogens with zero attached hydrogens (tertiary/aromatic N) is 2. The number of methoxy groups -OCH3 is 2. The van der Waals surface area contributed by atoms with Crippen molar-refractivity contribution in [2.45, 2.75) is 13.1 Å². The summed E-state index contributed by atoms with van der Waals surface area (Å²) in [5, 5.41) is 3.81. The number of hydrogen-bond donors (Lipinski definition) is 1. The number of aromatic nitrogens is 1. The van der Waals surface area contributed by atoms with Gasteiger partial charge in [-0.2, -0.15) is 0 Å². The molecule has 0 aliphatic carbocycles. The van der Waals surface area contributed by atoms with E-state index in [1.165, 1.54) is 0 Å². The van der Waals surface area contributed by atoms with Gasteiger partial charge in [0.2, 0.25) is 0 Å². The third kappa shape index (κ3) is 3.36. The molecule has 7 heteroatoms. The van der Waals surface area contributed by atoms with Gasteiger partial charge >= 0.3 is 0 Å². The van der Waals surface area contributed by atoms with Gasteiger partial charge < -0.3 is 14.8 Å². The van der Waals surface area contributed by atoms with Crippen molar-refractivity contribution in [2.24, 2.45) is 0 Å². The Morgan fingerprint density at radius 2 is 1.79 bits per heavy atom. The molecule has 1 atom stereocenters. The number of nitrogens with one attached hydrogen (secondary N) is 1. The number of anilines is 2. The molecule has 0 bridgehead atoms. The molecule has 0 saturated heterocycles. The highest BCUT2D eigenvalue weighted by molar-refractivity contribution is 6.32. The first kappa shape index (κ1) is 19.1. The van der Waals surface area contributed by atoms with E-state index in [1.54, 1.807) is 49.6 Å². The van der Waals surface area contributed by atoms with Gasteiger partial charge in [0.25, 0.3) is 5.91 Å². The predicted molar refractivity (Wildman–Crippen MR) is 113 cm³/mol. The molecule has 29 heavy (non-hydrogen) atoms. The lowest BCUT2D eigenvalue weighted by Gasteiger charge is -2.27. The van der Waals surface area contributed by atoms with Crippen LogP contribution in [0.15, 0.2) is 54.7 Å². The highest BCUT2D eigenvalue weighted by Gasteiger charge is 2.39. The van der Waals surface area contributed by atoms with Gasteiger partial charge in [0.05, 0.1) is 36.2 Å². The number of ether oxygens (including phenoxy) is 2. The highest BCUT2D eigenvalue weighted by atomic mass is 35.5. The van der Waals surface area contributed by atoms with Gasteiger partial charge in [0.1, 0.15) is 11.5 Å². The summed E-state index contributed by atoms with van der Waals surface area (Å²) in [6, 6.07) is 14.8. The number of pyridine rings is 1. The standard InChI is InChI=1S/C22H20ClN3O3/c1-13-6-8-14(9-7-13)26-21(20-15(22(26)27)5-4-10-24-20)25-17-11-16(23)18(28-2)12-19(17)29-3/h4-12,21,25H,1-3H3/t21-/m1/s1. The van der Waals surface area contributed by atoms with E-state index in [0.29, 0.717) is 33.5 Å². The molecule has 0 fully saturated rings. The summed E-state index contributed by atoms with van der Waals surface area (Å²) in [6.45, 7) is 2.01. The molecule has 1 aromatic heterocycles. The molecular weight excluding hydrogens is 390 g/mol. The number of carbonyl (C=O) groups excluding carboxylic acids is 1. The summed E-state index contributed by atoms with van der Waals surface area (Å²) in [6.07, 6.45) is 1.16. The fourth-order valence-corrected chi connectivity index (χ4v) is 3.65. The summed E-state index contributed by atoms with van der Waals surface area (Å²) in [5.74, 6) is 0.936. The van der Waals surface area contributed by atoms with Gasteiger partial charge in [0, 0.05) is 18.0 Å². The third-order valence-corrected chi connectivity index (χ3v) is 5.18. The molecule has 0 saturated carbocycles. The summed E-state index contributed by atoms with van der Waals surface area (Å²) < 4.78 is 10.8. The Balaban J connectivity index is 1.80. The summed E-state index contributed by atoms with van der Waals surface area (Å²) in [4.78, 5) is 19.3. The van der Waals surface area contributed by atoms with E-state index in [9.17, 15) is 4.79 Å². The summed E-state index contributed by atoms with van der Waals surface area (Å²) in [7, 11) is 3.11. The van der Waals surface area contributed by atoms with E-state index < -0.39 is 6.17 Å². The van der Waals surface area contributed by atoms with Crippen molar-refractivity contribution >= 4 is 28.9 Å². The lowest BCUT2D eigenvalue weighted by Crippen LogP contribution is -2.32. The smallest absolute Gasteiger partial charge is 0.262 e. The summed E-state index contributed by atoms with van der Waals surface area (Å²) in [5.41, 5.74) is 3.72. The molecule has 0 unspecified atom stereocenters. The Kier molecular flexibility index (Phi) is 5.03. The molecule has 4 rings (SSSR count). The number of rotatable bonds is 5. The van der Waals surface area contributed by atoms with Crippen LogP contribution in [0.3, 0.4) is 0 Å². The molecule has 148 valence electrons. The van der Waals surface area contributed by atoms with Crippen LogP contribution in [0.1, 0.15) is 27.8 Å². The third-order valence-electron chi connectivity index (χ3n) is 4.88. The fourth-order valence-electron chi connectivity index (χ4n) is 3.41. The van der Waals surface area contributed by atoms with Crippen molar-refractivity contribution in [2.75, 3.05) is 24.4 Å². The van der Waals surface area contributed by atoms with E-state index in [0.717, 1.165) is 11.3 Å². The second kappa shape index (κ2) is 7.64. The van der Waals surface area contributed by atoms with Crippen LogP contribution < -0.4 is 19.7 Å². The lowest BCUT2D eigenvalue weighted by atomic mass is 10.2. The minimum Gasteiger partial charge on any atom is -0.495 e. The molecule has 6 nitrogen and oxygen atoms in total. The van der Waals surface area contributed by atoms with Crippen molar-refractivity contribution in [1.29, 1.82) is 0 Å². The van der Waals surface area contributed by atoms with E-state index >= 15 is 0 Å². The molecule has 3 aromatic rings. The second-order valence-corrected chi connectivity index (χ2v) is 7.09. The van der Waals surface area contributed by atoms with Gasteiger partial charge in [-0.05, 0) is 37.3 Å².